The van der Waals surface area contributed by atoms with Crippen LogP contribution in [-0.2, 0) is 0 Å². The molecule has 0 aliphatic carbocycles. The standard InChI is InChI=1S/C6H9ClN2OS/c1-4(3-11-2)5-8-9-6(7)10-5/h4H,3H2,1-2H3. The highest BCUT2D eigenvalue weighted by Crippen LogP contribution is 2.18. The minimum atomic E-state index is 0.118. The molecule has 3 nitrogen and oxygen atoms in total. The number of rotatable bonds is 3. The predicted octanol–water partition coefficient (Wildman–Crippen LogP) is 2.19. The Morgan fingerprint density at radius 3 is 2.82 bits per heavy atom. The van der Waals surface area contributed by atoms with Gasteiger partial charge in [0, 0.05) is 11.7 Å². The molecule has 11 heavy (non-hydrogen) atoms. The zero-order valence-electron chi connectivity index (χ0n) is 6.37. The van der Waals surface area contributed by atoms with E-state index in [1.54, 1.807) is 11.8 Å². The minimum Gasteiger partial charge on any atom is -0.412 e. The van der Waals surface area contributed by atoms with E-state index in [0.717, 1.165) is 5.75 Å². The molecule has 5 heteroatoms. The fourth-order valence-corrected chi connectivity index (χ4v) is 1.50. The summed E-state index contributed by atoms with van der Waals surface area (Å²) >= 11 is 7.20. The van der Waals surface area contributed by atoms with Crippen molar-refractivity contribution in [3.8, 4) is 0 Å². The van der Waals surface area contributed by atoms with Gasteiger partial charge in [-0.2, -0.15) is 11.8 Å². The van der Waals surface area contributed by atoms with Crippen LogP contribution in [0.3, 0.4) is 0 Å². The number of hydrogen-bond acceptors (Lipinski definition) is 4. The number of thioether (sulfide) groups is 1. The Bertz CT molecular complexity index is 228. The van der Waals surface area contributed by atoms with Crippen LogP contribution in [0.15, 0.2) is 4.42 Å². The van der Waals surface area contributed by atoms with Crippen molar-refractivity contribution in [2.24, 2.45) is 0 Å². The van der Waals surface area contributed by atoms with Gasteiger partial charge in [0.05, 0.1) is 0 Å². The van der Waals surface area contributed by atoms with E-state index in [2.05, 4.69) is 10.2 Å². The second-order valence-corrected chi connectivity index (χ2v) is 3.48. The minimum absolute atomic E-state index is 0.118. The van der Waals surface area contributed by atoms with Gasteiger partial charge in [0.25, 0.3) is 0 Å². The number of aromatic nitrogens is 2. The SMILES string of the molecule is CSCC(C)c1nnc(Cl)o1. The maximum Gasteiger partial charge on any atom is 0.312 e. The highest BCUT2D eigenvalue weighted by molar-refractivity contribution is 7.98. The van der Waals surface area contributed by atoms with Crippen molar-refractivity contribution in [2.75, 3.05) is 12.0 Å². The van der Waals surface area contributed by atoms with E-state index in [1.165, 1.54) is 0 Å². The van der Waals surface area contributed by atoms with Crippen LogP contribution >= 0.6 is 23.4 Å². The topological polar surface area (TPSA) is 38.9 Å². The Balaban J connectivity index is 2.60. The Morgan fingerprint density at radius 2 is 2.36 bits per heavy atom. The molecule has 0 saturated carbocycles. The van der Waals surface area contributed by atoms with Crippen LogP contribution in [0, 0.1) is 0 Å². The van der Waals surface area contributed by atoms with Gasteiger partial charge < -0.3 is 4.42 Å². The first kappa shape index (κ1) is 8.87. The molecule has 0 aliphatic heterocycles. The molecule has 0 fully saturated rings. The van der Waals surface area contributed by atoms with Gasteiger partial charge in [0.1, 0.15) is 0 Å². The molecule has 1 atom stereocenters. The molecule has 1 heterocycles. The average Bonchev–Trinajstić information content (AvgIpc) is 2.36. The predicted molar refractivity (Wildman–Crippen MR) is 46.1 cm³/mol. The number of halogens is 1. The molecule has 0 N–H and O–H groups in total. The van der Waals surface area contributed by atoms with Crippen molar-refractivity contribution in [3.05, 3.63) is 11.2 Å². The first-order chi connectivity index (χ1) is 5.24. The van der Waals surface area contributed by atoms with Gasteiger partial charge in [-0.15, -0.1) is 5.10 Å². The molecular formula is C6H9ClN2OS. The van der Waals surface area contributed by atoms with E-state index in [1.807, 2.05) is 13.2 Å². The summed E-state index contributed by atoms with van der Waals surface area (Å²) in [6.45, 7) is 2.03. The lowest BCUT2D eigenvalue weighted by molar-refractivity contribution is 0.474. The van der Waals surface area contributed by atoms with Gasteiger partial charge in [-0.25, -0.2) is 0 Å². The van der Waals surface area contributed by atoms with E-state index in [0.29, 0.717) is 5.89 Å². The van der Waals surface area contributed by atoms with Crippen molar-refractivity contribution < 1.29 is 4.42 Å². The average molecular weight is 193 g/mol. The van der Waals surface area contributed by atoms with E-state index in [9.17, 15) is 0 Å². The lowest BCUT2D eigenvalue weighted by Crippen LogP contribution is -1.96. The van der Waals surface area contributed by atoms with Crippen molar-refractivity contribution in [1.82, 2.24) is 10.2 Å². The van der Waals surface area contributed by atoms with Crippen LogP contribution in [0.2, 0.25) is 5.35 Å². The van der Waals surface area contributed by atoms with Crippen LogP contribution in [0.5, 0.6) is 0 Å². The van der Waals surface area contributed by atoms with Gasteiger partial charge in [0.2, 0.25) is 5.89 Å². The molecule has 0 radical (unpaired) electrons. The Labute approximate surface area is 74.5 Å². The third-order valence-corrected chi connectivity index (χ3v) is 2.24. The summed E-state index contributed by atoms with van der Waals surface area (Å²) in [6.07, 6.45) is 2.04. The zero-order chi connectivity index (χ0) is 8.27. The summed E-state index contributed by atoms with van der Waals surface area (Å²) in [5, 5.41) is 7.45. The van der Waals surface area contributed by atoms with Crippen LogP contribution in [0.1, 0.15) is 18.7 Å². The lowest BCUT2D eigenvalue weighted by Gasteiger charge is -2.01. The zero-order valence-corrected chi connectivity index (χ0v) is 7.95. The first-order valence-electron chi connectivity index (χ1n) is 3.22. The molecule has 0 saturated heterocycles. The maximum absolute atomic E-state index is 5.46. The van der Waals surface area contributed by atoms with E-state index in [-0.39, 0.29) is 11.3 Å². The molecule has 0 aliphatic rings. The molecule has 0 spiro atoms. The summed E-state index contributed by atoms with van der Waals surface area (Å²) < 4.78 is 5.03. The smallest absolute Gasteiger partial charge is 0.312 e. The summed E-state index contributed by atoms with van der Waals surface area (Å²) in [5.41, 5.74) is 0. The van der Waals surface area contributed by atoms with Crippen LogP contribution in [0.25, 0.3) is 0 Å². The van der Waals surface area contributed by atoms with Gasteiger partial charge in [0.15, 0.2) is 0 Å². The molecule has 0 bridgehead atoms. The quantitative estimate of drug-likeness (QED) is 0.736. The summed E-state index contributed by atoms with van der Waals surface area (Å²) in [7, 11) is 0. The van der Waals surface area contributed by atoms with Crippen LogP contribution in [-0.4, -0.2) is 22.2 Å². The number of nitrogens with zero attached hydrogens (tertiary/aromatic N) is 2. The Morgan fingerprint density at radius 1 is 1.64 bits per heavy atom. The monoisotopic (exact) mass is 192 g/mol. The Kier molecular flexibility index (Phi) is 3.20. The van der Waals surface area contributed by atoms with E-state index >= 15 is 0 Å². The van der Waals surface area contributed by atoms with Crippen molar-refractivity contribution in [2.45, 2.75) is 12.8 Å². The molecule has 1 aromatic heterocycles. The number of hydrogen-bond donors (Lipinski definition) is 0. The highest BCUT2D eigenvalue weighted by atomic mass is 35.5. The highest BCUT2D eigenvalue weighted by Gasteiger charge is 2.11. The third-order valence-electron chi connectivity index (χ3n) is 1.25. The van der Waals surface area contributed by atoms with Gasteiger partial charge in [-0.3, -0.25) is 0 Å². The normalized spacial score (nSPS) is 13.4. The van der Waals surface area contributed by atoms with Gasteiger partial charge in [-0.1, -0.05) is 12.0 Å². The van der Waals surface area contributed by atoms with E-state index < -0.39 is 0 Å². The fourth-order valence-electron chi connectivity index (χ4n) is 0.736. The van der Waals surface area contributed by atoms with Crippen molar-refractivity contribution >= 4 is 23.4 Å². The third kappa shape index (κ3) is 2.38. The van der Waals surface area contributed by atoms with Gasteiger partial charge in [-0.05, 0) is 17.9 Å². The van der Waals surface area contributed by atoms with Crippen molar-refractivity contribution in [1.29, 1.82) is 0 Å². The second-order valence-electron chi connectivity index (χ2n) is 2.25. The molecule has 0 aromatic carbocycles. The molecule has 1 unspecified atom stereocenters. The lowest BCUT2D eigenvalue weighted by atomic mass is 10.2. The fraction of sp³-hybridized carbons (Fsp3) is 0.667. The summed E-state index contributed by atoms with van der Waals surface area (Å²) in [5.74, 6) is 1.87. The van der Waals surface area contributed by atoms with Crippen LogP contribution in [0.4, 0.5) is 0 Å². The largest absolute Gasteiger partial charge is 0.412 e. The van der Waals surface area contributed by atoms with E-state index in [4.69, 9.17) is 16.0 Å². The summed E-state index contributed by atoms with van der Waals surface area (Å²) in [6, 6.07) is 0. The molecule has 62 valence electrons. The van der Waals surface area contributed by atoms with Crippen LogP contribution < -0.4 is 0 Å². The molecule has 1 aromatic rings. The Hall–Kier alpha value is -0.220. The maximum atomic E-state index is 5.46. The summed E-state index contributed by atoms with van der Waals surface area (Å²) in [4.78, 5) is 0. The molecular weight excluding hydrogens is 184 g/mol. The second kappa shape index (κ2) is 3.97. The van der Waals surface area contributed by atoms with Crippen molar-refractivity contribution in [3.63, 3.8) is 0 Å². The van der Waals surface area contributed by atoms with Gasteiger partial charge >= 0.3 is 5.35 Å². The molecule has 0 amide bonds. The molecule has 1 rings (SSSR count). The first-order valence-corrected chi connectivity index (χ1v) is 4.99.